The third kappa shape index (κ3) is 5.98. The summed E-state index contributed by atoms with van der Waals surface area (Å²) < 4.78 is 35.9. The molecule has 0 radical (unpaired) electrons. The monoisotopic (exact) mass is 539 g/mol. The summed E-state index contributed by atoms with van der Waals surface area (Å²) >= 11 is 1.10. The molecule has 1 aliphatic rings. The first-order valence-electron chi connectivity index (χ1n) is 10.8. The molecule has 1 N–H and O–H groups in total. The lowest BCUT2D eigenvalue weighted by atomic mass is 10.2. The minimum Gasteiger partial charge on any atom is -0.493 e. The molecule has 190 valence electrons. The summed E-state index contributed by atoms with van der Waals surface area (Å²) in [5.74, 6) is -0.196. The summed E-state index contributed by atoms with van der Waals surface area (Å²) in [6.45, 7) is 3.54. The van der Waals surface area contributed by atoms with Crippen LogP contribution >= 0.6 is 11.8 Å². The molecule has 0 atom stereocenters. The van der Waals surface area contributed by atoms with Crippen molar-refractivity contribution in [2.45, 2.75) is 18.7 Å². The second-order valence-electron chi connectivity index (χ2n) is 7.97. The molecular weight excluding hydrogens is 518 g/mol. The van der Waals surface area contributed by atoms with E-state index in [2.05, 4.69) is 10.3 Å². The highest BCUT2D eigenvalue weighted by Crippen LogP contribution is 2.34. The third-order valence-electron chi connectivity index (χ3n) is 5.26. The molecule has 1 fully saturated rings. The molecule has 1 amide bonds. The Morgan fingerprint density at radius 1 is 1.03 bits per heavy atom. The highest BCUT2D eigenvalue weighted by molar-refractivity contribution is 8.18. The van der Waals surface area contributed by atoms with Gasteiger partial charge in [0, 0.05) is 12.1 Å². The maximum atomic E-state index is 12.7. The summed E-state index contributed by atoms with van der Waals surface area (Å²) in [5, 5.41) is 13.9. The third-order valence-corrected chi connectivity index (χ3v) is 7.42. The van der Waals surface area contributed by atoms with Crippen molar-refractivity contribution in [3.63, 3.8) is 0 Å². The van der Waals surface area contributed by atoms with Crippen LogP contribution in [0.25, 0.3) is 6.08 Å². The summed E-state index contributed by atoms with van der Waals surface area (Å²) in [4.78, 5) is 27.7. The lowest BCUT2D eigenvalue weighted by Crippen LogP contribution is -2.19. The number of benzene rings is 3. The molecule has 0 spiro atoms. The maximum absolute atomic E-state index is 12.7. The van der Waals surface area contributed by atoms with Gasteiger partial charge in [-0.15, -0.1) is 0 Å². The Bertz CT molecular complexity index is 1560. The van der Waals surface area contributed by atoms with E-state index in [4.69, 9.17) is 8.92 Å². The molecule has 0 aliphatic carbocycles. The standard InChI is InChI=1S/C25H21N3O7S2/c1-15-4-8-19(9-5-15)37(32,33)35-21-11-6-17(13-22(21)34-3)14-23-24(29)27-25(36-23)26-20-10-7-18(28(30)31)12-16(20)2/h4-14H,1-3H3,(H,26,27,29)/b23-14+. The van der Waals surface area contributed by atoms with Crippen LogP contribution in [0.2, 0.25) is 0 Å². The van der Waals surface area contributed by atoms with Crippen LogP contribution in [-0.4, -0.2) is 31.5 Å². The number of thioether (sulfide) groups is 1. The SMILES string of the molecule is COc1cc(/C=C2/SC(=Nc3ccc([N+](=O)[O-])cc3C)NC2=O)ccc1OS(=O)(=O)c1ccc(C)cc1. The predicted molar refractivity (Wildman–Crippen MR) is 141 cm³/mol. The number of nitro groups is 1. The van der Waals surface area contributed by atoms with E-state index >= 15 is 0 Å². The number of hydrogen-bond acceptors (Lipinski definition) is 9. The number of amidine groups is 1. The van der Waals surface area contributed by atoms with E-state index in [0.717, 1.165) is 17.3 Å². The molecule has 3 aromatic carbocycles. The number of methoxy groups -OCH3 is 1. The van der Waals surface area contributed by atoms with E-state index in [0.29, 0.717) is 26.9 Å². The number of carbonyl (C=O) groups excluding carboxylic acids is 1. The van der Waals surface area contributed by atoms with Crippen molar-refractivity contribution in [1.82, 2.24) is 5.32 Å². The molecule has 1 aliphatic heterocycles. The van der Waals surface area contributed by atoms with Crippen molar-refractivity contribution in [3.05, 3.63) is 92.4 Å². The summed E-state index contributed by atoms with van der Waals surface area (Å²) in [5.41, 5.74) is 2.53. The molecule has 0 aromatic heterocycles. The first-order chi connectivity index (χ1) is 17.6. The van der Waals surface area contributed by atoms with Crippen molar-refractivity contribution < 1.29 is 27.1 Å². The number of rotatable bonds is 7. The molecule has 4 rings (SSSR count). The second-order valence-corrected chi connectivity index (χ2v) is 10.5. The number of non-ortho nitro benzene ring substituents is 1. The summed E-state index contributed by atoms with van der Waals surface area (Å²) in [6.07, 6.45) is 1.60. The van der Waals surface area contributed by atoms with Crippen molar-refractivity contribution in [3.8, 4) is 11.5 Å². The normalized spacial score (nSPS) is 15.6. The molecule has 12 heteroatoms. The fourth-order valence-corrected chi connectivity index (χ4v) is 5.11. The minimum absolute atomic E-state index is 0.00430. The molecule has 0 bridgehead atoms. The van der Waals surface area contributed by atoms with E-state index in [1.54, 1.807) is 37.3 Å². The number of carbonyl (C=O) groups is 1. The number of aryl methyl sites for hydroxylation is 2. The Kier molecular flexibility index (Phi) is 7.32. The predicted octanol–water partition coefficient (Wildman–Crippen LogP) is 4.88. The zero-order valence-electron chi connectivity index (χ0n) is 19.9. The van der Waals surface area contributed by atoms with Gasteiger partial charge in [-0.25, -0.2) is 4.99 Å². The van der Waals surface area contributed by atoms with Crippen molar-refractivity contribution in [2.75, 3.05) is 7.11 Å². The fraction of sp³-hybridized carbons (Fsp3) is 0.120. The van der Waals surface area contributed by atoms with E-state index in [9.17, 15) is 23.3 Å². The van der Waals surface area contributed by atoms with Crippen LogP contribution in [-0.2, 0) is 14.9 Å². The smallest absolute Gasteiger partial charge is 0.339 e. The van der Waals surface area contributed by atoms with Gasteiger partial charge in [0.15, 0.2) is 16.7 Å². The zero-order chi connectivity index (χ0) is 26.7. The largest absolute Gasteiger partial charge is 0.493 e. The number of nitrogens with one attached hydrogen (secondary N) is 1. The van der Waals surface area contributed by atoms with Crippen LogP contribution in [0.5, 0.6) is 11.5 Å². The highest BCUT2D eigenvalue weighted by atomic mass is 32.2. The molecule has 1 saturated heterocycles. The Morgan fingerprint density at radius 3 is 2.41 bits per heavy atom. The Balaban J connectivity index is 1.55. The molecule has 3 aromatic rings. The van der Waals surface area contributed by atoms with Gasteiger partial charge in [-0.1, -0.05) is 23.8 Å². The first kappa shape index (κ1) is 25.9. The minimum atomic E-state index is -4.07. The van der Waals surface area contributed by atoms with Crippen molar-refractivity contribution in [1.29, 1.82) is 0 Å². The summed E-state index contributed by atoms with van der Waals surface area (Å²) in [7, 11) is -2.69. The zero-order valence-corrected chi connectivity index (χ0v) is 21.6. The molecule has 0 saturated carbocycles. The van der Waals surface area contributed by atoms with Crippen LogP contribution in [0, 0.1) is 24.0 Å². The summed E-state index contributed by atoms with van der Waals surface area (Å²) in [6, 6.07) is 15.1. The van der Waals surface area contributed by atoms with E-state index in [-0.39, 0.29) is 28.0 Å². The van der Waals surface area contributed by atoms with Gasteiger partial charge in [-0.2, -0.15) is 8.42 Å². The molecule has 10 nitrogen and oxygen atoms in total. The number of nitro benzene ring substituents is 1. The van der Waals surface area contributed by atoms with Crippen molar-refractivity contribution >= 4 is 50.4 Å². The average molecular weight is 540 g/mol. The first-order valence-corrected chi connectivity index (χ1v) is 13.0. The Hall–Kier alpha value is -4.16. The molecule has 37 heavy (non-hydrogen) atoms. The van der Waals surface area contributed by atoms with Gasteiger partial charge >= 0.3 is 10.1 Å². The van der Waals surface area contributed by atoms with Gasteiger partial charge in [0.2, 0.25) is 0 Å². The van der Waals surface area contributed by atoms with Gasteiger partial charge in [-0.05, 0) is 73.1 Å². The van der Waals surface area contributed by atoms with Gasteiger partial charge in [0.1, 0.15) is 4.90 Å². The number of aliphatic imine (C=N–C) groups is 1. The van der Waals surface area contributed by atoms with Gasteiger partial charge < -0.3 is 14.2 Å². The fourth-order valence-electron chi connectivity index (χ4n) is 3.33. The van der Waals surface area contributed by atoms with Crippen LogP contribution in [0.3, 0.4) is 0 Å². The highest BCUT2D eigenvalue weighted by Gasteiger charge is 2.25. The van der Waals surface area contributed by atoms with E-state index < -0.39 is 15.0 Å². The van der Waals surface area contributed by atoms with E-state index in [1.807, 2.05) is 6.92 Å². The van der Waals surface area contributed by atoms with Gasteiger partial charge in [0.05, 0.1) is 22.6 Å². The average Bonchev–Trinajstić information content (AvgIpc) is 3.19. The Labute approximate surface area is 217 Å². The Morgan fingerprint density at radius 2 is 1.76 bits per heavy atom. The number of nitrogens with zero attached hydrogens (tertiary/aromatic N) is 2. The molecule has 1 heterocycles. The van der Waals surface area contributed by atoms with Crippen LogP contribution in [0.1, 0.15) is 16.7 Å². The lowest BCUT2D eigenvalue weighted by Gasteiger charge is -2.11. The molecular formula is C25H21N3O7S2. The van der Waals surface area contributed by atoms with Crippen LogP contribution in [0.4, 0.5) is 11.4 Å². The van der Waals surface area contributed by atoms with E-state index in [1.165, 1.54) is 43.5 Å². The number of hydrogen-bond donors (Lipinski definition) is 1. The molecule has 0 unspecified atom stereocenters. The van der Waals surface area contributed by atoms with Crippen molar-refractivity contribution in [2.24, 2.45) is 4.99 Å². The van der Waals surface area contributed by atoms with Crippen LogP contribution < -0.4 is 14.2 Å². The number of ether oxygens (including phenoxy) is 1. The van der Waals surface area contributed by atoms with Gasteiger partial charge in [-0.3, -0.25) is 14.9 Å². The maximum Gasteiger partial charge on any atom is 0.339 e. The van der Waals surface area contributed by atoms with Gasteiger partial charge in [0.25, 0.3) is 11.6 Å². The quantitative estimate of drug-likeness (QED) is 0.194. The number of amides is 1. The van der Waals surface area contributed by atoms with Crippen LogP contribution in [0.15, 0.2) is 75.5 Å². The lowest BCUT2D eigenvalue weighted by molar-refractivity contribution is -0.384. The topological polar surface area (TPSA) is 137 Å². The second kappa shape index (κ2) is 10.4.